The molecule has 3 fully saturated rings. The molecule has 0 radical (unpaired) electrons. The van der Waals surface area contributed by atoms with Crippen molar-refractivity contribution in [1.82, 2.24) is 34.3 Å². The fraction of sp³-hybridized carbons (Fsp3) is 0.472. The van der Waals surface area contributed by atoms with E-state index in [9.17, 15) is 26.8 Å². The molecule has 3 amide bonds. The number of nitrogens with zero attached hydrogens (tertiary/aromatic N) is 7. The van der Waals surface area contributed by atoms with Crippen molar-refractivity contribution in [3.63, 3.8) is 0 Å². The maximum atomic E-state index is 15.6. The summed E-state index contributed by atoms with van der Waals surface area (Å²) in [5.74, 6) is -2.86. The lowest BCUT2D eigenvalue weighted by Crippen LogP contribution is -2.49. The van der Waals surface area contributed by atoms with Gasteiger partial charge in [0, 0.05) is 63.1 Å². The van der Waals surface area contributed by atoms with Gasteiger partial charge in [-0.2, -0.15) is 18.2 Å². The Hall–Kier alpha value is -4.88. The number of hydrogen-bond donors (Lipinski definition) is 2. The molecule has 0 aliphatic carbocycles. The Morgan fingerprint density at radius 3 is 2.40 bits per heavy atom. The van der Waals surface area contributed by atoms with Crippen molar-refractivity contribution < 1.29 is 40.3 Å². The van der Waals surface area contributed by atoms with Crippen LogP contribution in [0.15, 0.2) is 59.8 Å². The molecule has 5 heterocycles. The van der Waals surface area contributed by atoms with Crippen molar-refractivity contribution in [2.45, 2.75) is 67.9 Å². The normalized spacial score (nSPS) is 18.6. The number of fused-ring (bicyclic) bond motifs is 1. The number of urea groups is 1. The number of halogens is 4. The number of nitrogens with one attached hydrogen (secondary N) is 2. The number of sulfonamides is 1. The summed E-state index contributed by atoms with van der Waals surface area (Å²) in [5.41, 5.74) is 1.60. The number of rotatable bonds is 12. The topological polar surface area (TPSA) is 155 Å². The van der Waals surface area contributed by atoms with Gasteiger partial charge in [0.2, 0.25) is 21.9 Å². The number of likely N-dealkylation sites (tertiary alicyclic amines) is 1. The van der Waals surface area contributed by atoms with E-state index in [-0.39, 0.29) is 72.6 Å². The van der Waals surface area contributed by atoms with E-state index in [1.54, 1.807) is 11.7 Å². The summed E-state index contributed by atoms with van der Waals surface area (Å²) in [7, 11) is -2.24. The van der Waals surface area contributed by atoms with Crippen LogP contribution >= 0.6 is 0 Å². The number of alkyl halides is 4. The number of carbonyl (C=O) groups excluding carboxylic acids is 2. The zero-order valence-corrected chi connectivity index (χ0v) is 30.8. The summed E-state index contributed by atoms with van der Waals surface area (Å²) in [4.78, 5) is 35.3. The molecule has 3 aliphatic heterocycles. The van der Waals surface area contributed by atoms with Gasteiger partial charge in [-0.15, -0.1) is 0 Å². The number of amides is 3. The van der Waals surface area contributed by atoms with Gasteiger partial charge in [0.05, 0.1) is 22.8 Å². The highest BCUT2D eigenvalue weighted by molar-refractivity contribution is 7.89. The molecule has 3 saturated heterocycles. The van der Waals surface area contributed by atoms with Gasteiger partial charge in [0.15, 0.2) is 11.6 Å². The molecule has 7 rings (SSSR count). The predicted octanol–water partition coefficient (Wildman–Crippen LogP) is 5.04. The molecule has 55 heavy (non-hydrogen) atoms. The van der Waals surface area contributed by atoms with Crippen LogP contribution in [0.25, 0.3) is 10.9 Å². The lowest BCUT2D eigenvalue weighted by molar-refractivity contribution is -0.120. The third-order valence-electron chi connectivity index (χ3n) is 10.5. The van der Waals surface area contributed by atoms with Crippen molar-refractivity contribution in [3.05, 3.63) is 66.0 Å². The number of piperidine rings is 2. The van der Waals surface area contributed by atoms with Gasteiger partial charge in [-0.3, -0.25) is 19.7 Å². The number of aromatic nitrogens is 4. The van der Waals surface area contributed by atoms with Gasteiger partial charge in [-0.1, -0.05) is 18.2 Å². The molecule has 0 unspecified atom stereocenters. The Morgan fingerprint density at radius 1 is 0.982 bits per heavy atom. The van der Waals surface area contributed by atoms with Crippen LogP contribution in [0, 0.1) is 0 Å². The average molecular weight is 788 g/mol. The van der Waals surface area contributed by atoms with Gasteiger partial charge >= 0.3 is 12.6 Å². The van der Waals surface area contributed by atoms with Crippen LogP contribution in [0.5, 0.6) is 5.75 Å². The molecule has 3 aliphatic rings. The van der Waals surface area contributed by atoms with Crippen LogP contribution in [-0.2, 0) is 27.8 Å². The lowest BCUT2D eigenvalue weighted by Gasteiger charge is -2.33. The minimum absolute atomic E-state index is 0.140. The number of carbonyl (C=O) groups is 2. The molecule has 2 aromatic carbocycles. The fourth-order valence-corrected chi connectivity index (χ4v) is 8.93. The number of ether oxygens (including phenoxy) is 1. The van der Waals surface area contributed by atoms with E-state index in [1.165, 1.54) is 27.4 Å². The molecule has 2 N–H and O–H groups in total. The van der Waals surface area contributed by atoms with E-state index in [0.717, 1.165) is 47.8 Å². The van der Waals surface area contributed by atoms with Crippen molar-refractivity contribution in [1.29, 1.82) is 0 Å². The summed E-state index contributed by atoms with van der Waals surface area (Å²) >= 11 is 0. The molecular weight excluding hydrogens is 747 g/mol. The van der Waals surface area contributed by atoms with E-state index in [1.807, 2.05) is 17.0 Å². The smallest absolute Gasteiger partial charge is 0.387 e. The monoisotopic (exact) mass is 787 g/mol. The average Bonchev–Trinajstić information content (AvgIpc) is 3.50. The molecule has 0 spiro atoms. The van der Waals surface area contributed by atoms with Gasteiger partial charge in [-0.05, 0) is 74.5 Å². The van der Waals surface area contributed by atoms with Crippen LogP contribution in [0.4, 0.5) is 34.1 Å². The Balaban J connectivity index is 0.909. The Kier molecular flexibility index (Phi) is 11.0. The third kappa shape index (κ3) is 8.52. The van der Waals surface area contributed by atoms with E-state index in [4.69, 9.17) is 0 Å². The van der Waals surface area contributed by atoms with Gasteiger partial charge in [0.1, 0.15) is 0 Å². The second kappa shape index (κ2) is 15.7. The van der Waals surface area contributed by atoms with Crippen molar-refractivity contribution in [2.75, 3.05) is 49.5 Å². The molecule has 2 aromatic heterocycles. The Labute approximate surface area is 314 Å². The first-order valence-corrected chi connectivity index (χ1v) is 19.5. The van der Waals surface area contributed by atoms with E-state index in [2.05, 4.69) is 36.5 Å². The number of anilines is 2. The third-order valence-corrected chi connectivity index (χ3v) is 12.4. The van der Waals surface area contributed by atoms with Crippen LogP contribution < -0.4 is 20.3 Å². The van der Waals surface area contributed by atoms with Gasteiger partial charge in [0.25, 0.3) is 5.92 Å². The maximum absolute atomic E-state index is 15.6. The van der Waals surface area contributed by atoms with Crippen LogP contribution in [-0.4, -0.2) is 101 Å². The quantitative estimate of drug-likeness (QED) is 0.187. The summed E-state index contributed by atoms with van der Waals surface area (Å²) in [6, 6.07) is 10.3. The second-order valence-electron chi connectivity index (χ2n) is 14.0. The van der Waals surface area contributed by atoms with Crippen LogP contribution in [0.2, 0.25) is 0 Å². The first-order chi connectivity index (χ1) is 26.3. The summed E-state index contributed by atoms with van der Waals surface area (Å²) in [5, 5.41) is 10.7. The Bertz CT molecular complexity index is 2140. The van der Waals surface area contributed by atoms with E-state index < -0.39 is 35.0 Å². The largest absolute Gasteiger partial charge is 0.432 e. The highest BCUT2D eigenvalue weighted by atomic mass is 32.2. The zero-order chi connectivity index (χ0) is 38.9. The lowest BCUT2D eigenvalue weighted by atomic mass is 9.88. The second-order valence-corrected chi connectivity index (χ2v) is 16.0. The standard InChI is InChI=1S/C36H41F4N9O5S/c1-46-30-19-24(5-6-29(30)32(45-46)49-17-11-31(50)44-35(49)51)23-7-13-47(14-8-23)18-12-36(39,40)25-3-2-4-28(20-25)55(52,53)48-15-9-26(10-16-48)43-34-41-21-27(22-42-34)54-33(37)38/h2-6,19-23,26,33H,7-18H2,1H3,(H,41,42,43)(H,44,50,51). The molecule has 0 atom stereocenters. The number of imide groups is 1. The zero-order valence-electron chi connectivity index (χ0n) is 30.0. The summed E-state index contributed by atoms with van der Waals surface area (Å²) < 4.78 is 90.3. The van der Waals surface area contributed by atoms with Crippen molar-refractivity contribution in [3.8, 4) is 5.75 Å². The van der Waals surface area contributed by atoms with E-state index >= 15 is 8.78 Å². The highest BCUT2D eigenvalue weighted by Gasteiger charge is 2.36. The fourth-order valence-electron chi connectivity index (χ4n) is 7.42. The van der Waals surface area contributed by atoms with Crippen molar-refractivity contribution >= 4 is 44.6 Å². The number of aryl methyl sites for hydroxylation is 1. The maximum Gasteiger partial charge on any atom is 0.387 e. The predicted molar refractivity (Wildman–Crippen MR) is 194 cm³/mol. The molecule has 19 heteroatoms. The minimum Gasteiger partial charge on any atom is -0.432 e. The molecule has 0 bridgehead atoms. The van der Waals surface area contributed by atoms with Crippen LogP contribution in [0.1, 0.15) is 55.6 Å². The summed E-state index contributed by atoms with van der Waals surface area (Å²) in [6.45, 7) is -1.07. The minimum atomic E-state index is -4.05. The van der Waals surface area contributed by atoms with Gasteiger partial charge < -0.3 is 15.0 Å². The van der Waals surface area contributed by atoms with E-state index in [0.29, 0.717) is 31.7 Å². The molecule has 294 valence electrons. The first kappa shape index (κ1) is 38.4. The molecule has 4 aromatic rings. The van der Waals surface area contributed by atoms with Gasteiger partial charge in [-0.25, -0.2) is 32.0 Å². The highest BCUT2D eigenvalue weighted by Crippen LogP contribution is 2.37. The molecule has 14 nitrogen and oxygen atoms in total. The number of benzene rings is 2. The summed E-state index contributed by atoms with van der Waals surface area (Å²) in [6.07, 6.45) is 4.29. The molecule has 0 saturated carbocycles. The SMILES string of the molecule is Cn1nc(N2CCC(=O)NC2=O)c2ccc(C3CCN(CCC(F)(F)c4cccc(S(=O)(=O)N5CCC(Nc6ncc(OC(F)F)cn6)CC5)c4)CC3)cc21. The first-order valence-electron chi connectivity index (χ1n) is 18.1. The number of hydrogen-bond acceptors (Lipinski definition) is 10. The molecular formula is C36H41F4N9O5S. The Morgan fingerprint density at radius 2 is 1.71 bits per heavy atom. The van der Waals surface area contributed by atoms with Crippen molar-refractivity contribution in [2.24, 2.45) is 7.05 Å². The van der Waals surface area contributed by atoms with Crippen LogP contribution in [0.3, 0.4) is 0 Å².